The molecule has 6 nitrogen and oxygen atoms in total. The Morgan fingerprint density at radius 1 is 0.828 bits per heavy atom. The SMILES string of the molecule is O=c1c(-c2c(-c3ccccc3)nn3ccccc23)ccnn1Cc1ccncc1. The van der Waals surface area contributed by atoms with Gasteiger partial charge in [-0.15, -0.1) is 0 Å². The molecule has 0 aliphatic rings. The van der Waals surface area contributed by atoms with Crippen molar-refractivity contribution in [1.29, 1.82) is 0 Å². The van der Waals surface area contributed by atoms with E-state index in [0.717, 1.165) is 27.9 Å². The summed E-state index contributed by atoms with van der Waals surface area (Å²) in [5.74, 6) is 0. The first-order chi connectivity index (χ1) is 14.3. The van der Waals surface area contributed by atoms with Crippen molar-refractivity contribution >= 4 is 5.52 Å². The Balaban J connectivity index is 1.72. The minimum Gasteiger partial charge on any atom is -0.267 e. The van der Waals surface area contributed by atoms with Crippen LogP contribution in [0.25, 0.3) is 27.9 Å². The van der Waals surface area contributed by atoms with Crippen LogP contribution in [0.3, 0.4) is 0 Å². The summed E-state index contributed by atoms with van der Waals surface area (Å²) in [5.41, 5.74) is 4.82. The number of benzene rings is 1. The predicted octanol–water partition coefficient (Wildman–Crippen LogP) is 3.67. The third-order valence-electron chi connectivity index (χ3n) is 4.85. The Hall–Kier alpha value is -4.06. The van der Waals surface area contributed by atoms with Crippen LogP contribution in [0.1, 0.15) is 5.56 Å². The fourth-order valence-electron chi connectivity index (χ4n) is 3.48. The third-order valence-corrected chi connectivity index (χ3v) is 4.85. The molecule has 29 heavy (non-hydrogen) atoms. The van der Waals surface area contributed by atoms with Crippen LogP contribution in [-0.4, -0.2) is 24.4 Å². The Labute approximate surface area is 166 Å². The second-order valence-corrected chi connectivity index (χ2v) is 6.68. The molecule has 0 amide bonds. The van der Waals surface area contributed by atoms with Gasteiger partial charge in [0.1, 0.15) is 5.69 Å². The molecule has 0 unspecified atom stereocenters. The number of fused-ring (bicyclic) bond motifs is 1. The van der Waals surface area contributed by atoms with E-state index in [4.69, 9.17) is 5.10 Å². The topological polar surface area (TPSA) is 65.1 Å². The predicted molar refractivity (Wildman–Crippen MR) is 111 cm³/mol. The summed E-state index contributed by atoms with van der Waals surface area (Å²) in [4.78, 5) is 17.4. The number of nitrogens with zero attached hydrogens (tertiary/aromatic N) is 5. The number of aromatic nitrogens is 5. The van der Waals surface area contributed by atoms with Gasteiger partial charge >= 0.3 is 0 Å². The zero-order valence-electron chi connectivity index (χ0n) is 15.5. The lowest BCUT2D eigenvalue weighted by atomic mass is 10.0. The largest absolute Gasteiger partial charge is 0.275 e. The molecule has 0 N–H and O–H groups in total. The van der Waals surface area contributed by atoms with Crippen LogP contribution in [-0.2, 0) is 6.54 Å². The summed E-state index contributed by atoms with van der Waals surface area (Å²) in [5, 5.41) is 9.04. The van der Waals surface area contributed by atoms with E-state index in [9.17, 15) is 4.79 Å². The van der Waals surface area contributed by atoms with Gasteiger partial charge < -0.3 is 0 Å². The monoisotopic (exact) mass is 379 g/mol. The summed E-state index contributed by atoms with van der Waals surface area (Å²) < 4.78 is 3.29. The summed E-state index contributed by atoms with van der Waals surface area (Å²) in [6.45, 7) is 0.384. The van der Waals surface area contributed by atoms with E-state index in [1.165, 1.54) is 4.68 Å². The van der Waals surface area contributed by atoms with E-state index in [1.54, 1.807) is 24.7 Å². The lowest BCUT2D eigenvalue weighted by Crippen LogP contribution is -2.24. The normalized spacial score (nSPS) is 11.0. The lowest BCUT2D eigenvalue weighted by Gasteiger charge is -2.08. The molecule has 0 bridgehead atoms. The molecule has 1 aromatic carbocycles. The zero-order valence-corrected chi connectivity index (χ0v) is 15.5. The molecule has 0 saturated heterocycles. The van der Waals surface area contributed by atoms with Gasteiger partial charge in [-0.3, -0.25) is 9.78 Å². The van der Waals surface area contributed by atoms with Gasteiger partial charge in [-0.1, -0.05) is 36.4 Å². The standard InChI is InChI=1S/C23H17N5O/c29-23-19(11-14-25-28(23)16-17-9-12-24-13-10-17)21-20-8-4-5-15-27(20)26-22(21)18-6-2-1-3-7-18/h1-15H,16H2. The highest BCUT2D eigenvalue weighted by Gasteiger charge is 2.19. The van der Waals surface area contributed by atoms with E-state index in [-0.39, 0.29) is 5.56 Å². The molecule has 140 valence electrons. The molecule has 0 atom stereocenters. The molecule has 0 fully saturated rings. The van der Waals surface area contributed by atoms with Gasteiger partial charge in [0.15, 0.2) is 0 Å². The summed E-state index contributed by atoms with van der Waals surface area (Å²) >= 11 is 0. The average molecular weight is 379 g/mol. The highest BCUT2D eigenvalue weighted by Crippen LogP contribution is 2.33. The van der Waals surface area contributed by atoms with Crippen LogP contribution in [0.15, 0.2) is 96.3 Å². The zero-order chi connectivity index (χ0) is 19.6. The van der Waals surface area contributed by atoms with Crippen molar-refractivity contribution in [2.45, 2.75) is 6.54 Å². The molecule has 0 spiro atoms. The maximum atomic E-state index is 13.3. The minimum atomic E-state index is -0.153. The van der Waals surface area contributed by atoms with Crippen molar-refractivity contribution in [1.82, 2.24) is 24.4 Å². The van der Waals surface area contributed by atoms with Crippen LogP contribution < -0.4 is 5.56 Å². The van der Waals surface area contributed by atoms with E-state index < -0.39 is 0 Å². The van der Waals surface area contributed by atoms with E-state index in [0.29, 0.717) is 12.1 Å². The number of rotatable bonds is 4. The number of hydrogen-bond acceptors (Lipinski definition) is 4. The van der Waals surface area contributed by atoms with Crippen molar-refractivity contribution in [3.05, 3.63) is 107 Å². The van der Waals surface area contributed by atoms with E-state index in [2.05, 4.69) is 10.1 Å². The second kappa shape index (κ2) is 7.16. The summed E-state index contributed by atoms with van der Waals surface area (Å²) in [6, 6.07) is 21.3. The molecule has 6 heteroatoms. The van der Waals surface area contributed by atoms with Crippen LogP contribution in [0.5, 0.6) is 0 Å². The molecule has 0 aliphatic carbocycles. The Bertz CT molecular complexity index is 1340. The number of hydrogen-bond donors (Lipinski definition) is 0. The molecule has 0 radical (unpaired) electrons. The quantitative estimate of drug-likeness (QED) is 0.478. The Morgan fingerprint density at radius 3 is 2.45 bits per heavy atom. The highest BCUT2D eigenvalue weighted by atomic mass is 16.1. The fraction of sp³-hybridized carbons (Fsp3) is 0.0435. The van der Waals surface area contributed by atoms with Crippen LogP contribution in [0, 0.1) is 0 Å². The van der Waals surface area contributed by atoms with Crippen molar-refractivity contribution in [3.8, 4) is 22.4 Å². The van der Waals surface area contributed by atoms with Gasteiger partial charge in [-0.2, -0.15) is 10.2 Å². The van der Waals surface area contributed by atoms with Gasteiger partial charge in [0.25, 0.3) is 5.56 Å². The molecular formula is C23H17N5O. The first kappa shape index (κ1) is 17.1. The summed E-state index contributed by atoms with van der Waals surface area (Å²) in [7, 11) is 0. The molecule has 5 aromatic rings. The van der Waals surface area contributed by atoms with Crippen molar-refractivity contribution in [3.63, 3.8) is 0 Å². The lowest BCUT2D eigenvalue weighted by molar-refractivity contribution is 0.640. The van der Waals surface area contributed by atoms with Gasteiger partial charge in [-0.25, -0.2) is 9.20 Å². The maximum absolute atomic E-state index is 13.3. The van der Waals surface area contributed by atoms with Crippen molar-refractivity contribution < 1.29 is 0 Å². The minimum absolute atomic E-state index is 0.153. The first-order valence-electron chi connectivity index (χ1n) is 9.29. The molecular weight excluding hydrogens is 362 g/mol. The van der Waals surface area contributed by atoms with Gasteiger partial charge in [0, 0.05) is 35.9 Å². The van der Waals surface area contributed by atoms with E-state index in [1.807, 2.05) is 71.4 Å². The molecule has 0 aliphatic heterocycles. The maximum Gasteiger partial charge on any atom is 0.275 e. The molecule has 4 aromatic heterocycles. The Morgan fingerprint density at radius 2 is 1.62 bits per heavy atom. The van der Waals surface area contributed by atoms with Gasteiger partial charge in [0.05, 0.1) is 17.6 Å². The van der Waals surface area contributed by atoms with E-state index >= 15 is 0 Å². The van der Waals surface area contributed by atoms with Crippen LogP contribution in [0.4, 0.5) is 0 Å². The Kier molecular flexibility index (Phi) is 4.22. The molecule has 0 saturated carbocycles. The van der Waals surface area contributed by atoms with Gasteiger partial charge in [-0.05, 0) is 35.9 Å². The van der Waals surface area contributed by atoms with Crippen LogP contribution >= 0.6 is 0 Å². The molecule has 5 rings (SSSR count). The smallest absolute Gasteiger partial charge is 0.267 e. The van der Waals surface area contributed by atoms with Crippen molar-refractivity contribution in [2.75, 3.05) is 0 Å². The van der Waals surface area contributed by atoms with Crippen molar-refractivity contribution in [2.24, 2.45) is 0 Å². The highest BCUT2D eigenvalue weighted by molar-refractivity contribution is 5.91. The van der Waals surface area contributed by atoms with Gasteiger partial charge in [0.2, 0.25) is 0 Å². The number of pyridine rings is 2. The first-order valence-corrected chi connectivity index (χ1v) is 9.29. The summed E-state index contributed by atoms with van der Waals surface area (Å²) in [6.07, 6.45) is 6.98. The fourth-order valence-corrected chi connectivity index (χ4v) is 3.48. The van der Waals surface area contributed by atoms with Crippen LogP contribution in [0.2, 0.25) is 0 Å². The second-order valence-electron chi connectivity index (χ2n) is 6.68. The average Bonchev–Trinajstić information content (AvgIpc) is 3.16. The third kappa shape index (κ3) is 3.10. The molecule has 4 heterocycles.